The number of benzene rings is 1. The van der Waals surface area contributed by atoms with Gasteiger partial charge in [-0.2, -0.15) is 0 Å². The molecule has 1 heterocycles. The highest BCUT2D eigenvalue weighted by atomic mass is 16.6. The first-order valence-electron chi connectivity index (χ1n) is 6.59. The van der Waals surface area contributed by atoms with Crippen molar-refractivity contribution >= 4 is 11.7 Å². The second kappa shape index (κ2) is 7.55. The van der Waals surface area contributed by atoms with E-state index in [4.69, 9.17) is 9.47 Å². The number of nitro benzene ring substituents is 1. The molecular formula is C13H17N3O5. The Morgan fingerprint density at radius 2 is 2.05 bits per heavy atom. The smallest absolute Gasteiger partial charge is 0.315 e. The predicted molar refractivity (Wildman–Crippen MR) is 73.9 cm³/mol. The van der Waals surface area contributed by atoms with Crippen LogP contribution in [-0.4, -0.2) is 43.4 Å². The molecule has 8 nitrogen and oxygen atoms in total. The van der Waals surface area contributed by atoms with E-state index in [1.165, 1.54) is 12.1 Å². The third kappa shape index (κ3) is 5.01. The van der Waals surface area contributed by atoms with Crippen molar-refractivity contribution in [3.63, 3.8) is 0 Å². The van der Waals surface area contributed by atoms with E-state index in [0.717, 1.165) is 5.56 Å². The molecule has 1 aliphatic heterocycles. The Hall–Kier alpha value is -2.19. The molecule has 1 aliphatic rings. The van der Waals surface area contributed by atoms with Crippen molar-refractivity contribution in [2.24, 2.45) is 0 Å². The minimum Gasteiger partial charge on any atom is -0.376 e. The normalized spacial score (nSPS) is 18.0. The highest BCUT2D eigenvalue weighted by molar-refractivity contribution is 5.73. The number of nitrogens with one attached hydrogen (secondary N) is 2. The van der Waals surface area contributed by atoms with Crippen molar-refractivity contribution in [1.29, 1.82) is 0 Å². The van der Waals surface area contributed by atoms with Crippen molar-refractivity contribution in [3.05, 3.63) is 39.9 Å². The molecule has 21 heavy (non-hydrogen) atoms. The van der Waals surface area contributed by atoms with Crippen LogP contribution >= 0.6 is 0 Å². The Morgan fingerprint density at radius 3 is 2.67 bits per heavy atom. The molecule has 0 radical (unpaired) electrons. The summed E-state index contributed by atoms with van der Waals surface area (Å²) in [5, 5.41) is 15.9. The van der Waals surface area contributed by atoms with Gasteiger partial charge in [0.1, 0.15) is 0 Å². The van der Waals surface area contributed by atoms with Crippen LogP contribution in [0.4, 0.5) is 10.5 Å². The number of nitrogens with zero attached hydrogens (tertiary/aromatic N) is 1. The molecule has 0 aliphatic carbocycles. The van der Waals surface area contributed by atoms with E-state index in [0.29, 0.717) is 32.9 Å². The zero-order valence-electron chi connectivity index (χ0n) is 11.4. The number of rotatable bonds is 5. The van der Waals surface area contributed by atoms with Gasteiger partial charge in [-0.25, -0.2) is 4.79 Å². The van der Waals surface area contributed by atoms with Crippen molar-refractivity contribution in [1.82, 2.24) is 10.6 Å². The second-order valence-electron chi connectivity index (χ2n) is 4.55. The van der Waals surface area contributed by atoms with Crippen molar-refractivity contribution in [2.45, 2.75) is 12.6 Å². The van der Waals surface area contributed by atoms with Crippen LogP contribution in [0, 0.1) is 10.1 Å². The number of nitro groups is 1. The fourth-order valence-electron chi connectivity index (χ4n) is 1.84. The third-order valence-electron chi connectivity index (χ3n) is 2.98. The number of ether oxygens (including phenoxy) is 2. The predicted octanol–water partition coefficient (Wildman–Crippen LogP) is 0.809. The molecule has 0 aromatic heterocycles. The molecule has 0 spiro atoms. The van der Waals surface area contributed by atoms with E-state index in [1.807, 2.05) is 0 Å². The molecule has 114 valence electrons. The fraction of sp³-hybridized carbons (Fsp3) is 0.462. The zero-order valence-corrected chi connectivity index (χ0v) is 11.4. The topological polar surface area (TPSA) is 103 Å². The number of carbonyl (C=O) groups excluding carboxylic acids is 1. The van der Waals surface area contributed by atoms with Gasteiger partial charge in [-0.3, -0.25) is 10.1 Å². The summed E-state index contributed by atoms with van der Waals surface area (Å²) < 4.78 is 10.6. The molecular weight excluding hydrogens is 278 g/mol. The van der Waals surface area contributed by atoms with Crippen LogP contribution in [0.25, 0.3) is 0 Å². The van der Waals surface area contributed by atoms with Gasteiger partial charge >= 0.3 is 6.03 Å². The number of amides is 2. The minimum absolute atomic E-state index is 0.0256. The van der Waals surface area contributed by atoms with Crippen LogP contribution in [0.3, 0.4) is 0 Å². The number of hydrogen-bond donors (Lipinski definition) is 2. The van der Waals surface area contributed by atoms with E-state index in [-0.39, 0.29) is 17.8 Å². The minimum atomic E-state index is -0.462. The van der Waals surface area contributed by atoms with Crippen LogP contribution < -0.4 is 10.6 Å². The molecule has 0 bridgehead atoms. The fourth-order valence-corrected chi connectivity index (χ4v) is 1.84. The quantitative estimate of drug-likeness (QED) is 0.618. The molecule has 8 heteroatoms. The summed E-state index contributed by atoms with van der Waals surface area (Å²) in [5.41, 5.74) is 0.811. The van der Waals surface area contributed by atoms with Crippen molar-refractivity contribution in [2.75, 3.05) is 26.4 Å². The Balaban J connectivity index is 1.69. The number of urea groups is 1. The summed E-state index contributed by atoms with van der Waals surface area (Å²) in [7, 11) is 0. The highest BCUT2D eigenvalue weighted by Crippen LogP contribution is 2.11. The Labute approximate surface area is 121 Å². The van der Waals surface area contributed by atoms with Gasteiger partial charge in [0.05, 0.1) is 30.8 Å². The average molecular weight is 295 g/mol. The first-order valence-corrected chi connectivity index (χ1v) is 6.59. The van der Waals surface area contributed by atoms with Crippen LogP contribution in [0.15, 0.2) is 24.3 Å². The summed E-state index contributed by atoms with van der Waals surface area (Å²) in [5.74, 6) is 0. The molecule has 1 aromatic carbocycles. The monoisotopic (exact) mass is 295 g/mol. The van der Waals surface area contributed by atoms with Gasteiger partial charge in [0, 0.05) is 25.2 Å². The number of carbonyl (C=O) groups is 1. The summed E-state index contributed by atoms with van der Waals surface area (Å²) in [4.78, 5) is 21.7. The van der Waals surface area contributed by atoms with Gasteiger partial charge < -0.3 is 20.1 Å². The Morgan fingerprint density at radius 1 is 1.29 bits per heavy atom. The third-order valence-corrected chi connectivity index (χ3v) is 2.98. The van der Waals surface area contributed by atoms with Gasteiger partial charge in [0.2, 0.25) is 0 Å². The molecule has 1 aromatic rings. The Kier molecular flexibility index (Phi) is 5.47. The van der Waals surface area contributed by atoms with Gasteiger partial charge in [0.25, 0.3) is 5.69 Å². The van der Waals surface area contributed by atoms with Crippen molar-refractivity contribution in [3.8, 4) is 0 Å². The number of non-ortho nitro benzene ring substituents is 1. The van der Waals surface area contributed by atoms with Crippen LogP contribution in [0.1, 0.15) is 5.56 Å². The first kappa shape index (κ1) is 15.2. The highest BCUT2D eigenvalue weighted by Gasteiger charge is 2.14. The van der Waals surface area contributed by atoms with E-state index >= 15 is 0 Å². The molecule has 2 amide bonds. The molecule has 2 rings (SSSR count). The van der Waals surface area contributed by atoms with Crippen molar-refractivity contribution < 1.29 is 19.2 Å². The average Bonchev–Trinajstić information content (AvgIpc) is 2.52. The van der Waals surface area contributed by atoms with Gasteiger partial charge in [0.15, 0.2) is 0 Å². The summed E-state index contributed by atoms with van der Waals surface area (Å²) in [6, 6.07) is 5.71. The summed E-state index contributed by atoms with van der Waals surface area (Å²) in [6.07, 6.45) is -0.121. The molecule has 1 atom stereocenters. The van der Waals surface area contributed by atoms with Gasteiger partial charge in [-0.1, -0.05) is 12.1 Å². The number of hydrogen-bond acceptors (Lipinski definition) is 5. The molecule has 2 N–H and O–H groups in total. The lowest BCUT2D eigenvalue weighted by Crippen LogP contribution is -2.43. The maximum Gasteiger partial charge on any atom is 0.315 e. The lowest BCUT2D eigenvalue weighted by atomic mass is 10.2. The van der Waals surface area contributed by atoms with E-state index in [1.54, 1.807) is 12.1 Å². The standard InChI is InChI=1S/C13H17N3O5/c17-13(15-8-12-9-20-5-6-21-12)14-7-10-1-3-11(4-2-10)16(18)19/h1-4,12H,5-9H2,(H2,14,15,17). The van der Waals surface area contributed by atoms with Gasteiger partial charge in [-0.15, -0.1) is 0 Å². The van der Waals surface area contributed by atoms with E-state index in [2.05, 4.69) is 10.6 Å². The first-order chi connectivity index (χ1) is 10.1. The zero-order chi connectivity index (χ0) is 15.1. The van der Waals surface area contributed by atoms with E-state index < -0.39 is 4.92 Å². The maximum absolute atomic E-state index is 11.6. The van der Waals surface area contributed by atoms with Crippen LogP contribution in [0.2, 0.25) is 0 Å². The molecule has 1 unspecified atom stereocenters. The molecule has 1 fully saturated rings. The molecule has 1 saturated heterocycles. The lowest BCUT2D eigenvalue weighted by molar-refractivity contribution is -0.384. The van der Waals surface area contributed by atoms with Gasteiger partial charge in [-0.05, 0) is 5.56 Å². The lowest BCUT2D eigenvalue weighted by Gasteiger charge is -2.23. The van der Waals surface area contributed by atoms with E-state index in [9.17, 15) is 14.9 Å². The maximum atomic E-state index is 11.6. The molecule has 0 saturated carbocycles. The largest absolute Gasteiger partial charge is 0.376 e. The SMILES string of the molecule is O=C(NCc1ccc([N+](=O)[O-])cc1)NCC1COCCO1. The van der Waals surface area contributed by atoms with Crippen LogP contribution in [0.5, 0.6) is 0 Å². The Bertz CT molecular complexity index is 485. The second-order valence-corrected chi connectivity index (χ2v) is 4.55. The van der Waals surface area contributed by atoms with Crippen LogP contribution in [-0.2, 0) is 16.0 Å². The summed E-state index contributed by atoms with van der Waals surface area (Å²) >= 11 is 0. The summed E-state index contributed by atoms with van der Waals surface area (Å²) in [6.45, 7) is 2.28.